The average Bonchev–Trinajstić information content (AvgIpc) is 2.13. The molecular formula is C12H11NO4. The molecule has 3 aliphatic carbocycles. The highest BCUT2D eigenvalue weighted by atomic mass is 16.6. The molecule has 3 fully saturated rings. The number of nitrogens with zero attached hydrogens (tertiary/aromatic N) is 1. The highest BCUT2D eigenvalue weighted by molar-refractivity contribution is 5.81. The molecule has 1 N–H and O–H groups in total. The summed E-state index contributed by atoms with van der Waals surface area (Å²) in [6.45, 7) is 0. The van der Waals surface area contributed by atoms with Crippen molar-refractivity contribution in [3.63, 3.8) is 0 Å². The van der Waals surface area contributed by atoms with Gasteiger partial charge in [-0.3, -0.25) is 14.9 Å². The first-order valence-electron chi connectivity index (χ1n) is 5.46. The summed E-state index contributed by atoms with van der Waals surface area (Å²) in [5.41, 5.74) is 0.348. The fraction of sp³-hybridized carbons (Fsp3) is 0.417. The highest BCUT2D eigenvalue weighted by Crippen LogP contribution is 2.73. The molecule has 2 bridgehead atoms. The number of nitro benzene ring substituents is 1. The summed E-state index contributed by atoms with van der Waals surface area (Å²) in [6.07, 6.45) is 1.86. The largest absolute Gasteiger partial charge is 0.481 e. The Morgan fingerprint density at radius 2 is 2.00 bits per heavy atom. The van der Waals surface area contributed by atoms with Gasteiger partial charge in [-0.25, -0.2) is 0 Å². The molecule has 88 valence electrons. The fourth-order valence-corrected chi connectivity index (χ4v) is 3.27. The molecule has 0 spiro atoms. The van der Waals surface area contributed by atoms with Crippen LogP contribution in [0, 0.1) is 15.5 Å². The van der Waals surface area contributed by atoms with Crippen LogP contribution in [0.1, 0.15) is 24.8 Å². The van der Waals surface area contributed by atoms with Crippen molar-refractivity contribution in [3.05, 3.63) is 39.9 Å². The summed E-state index contributed by atoms with van der Waals surface area (Å²) in [6, 6.07) is 6.56. The molecule has 0 amide bonds. The summed E-state index contributed by atoms with van der Waals surface area (Å²) in [7, 11) is 0. The second-order valence-corrected chi connectivity index (χ2v) is 5.20. The van der Waals surface area contributed by atoms with Gasteiger partial charge in [0, 0.05) is 12.1 Å². The Morgan fingerprint density at radius 1 is 1.35 bits per heavy atom. The smallest absolute Gasteiger partial charge is 0.309 e. The second-order valence-electron chi connectivity index (χ2n) is 5.20. The van der Waals surface area contributed by atoms with E-state index in [1.807, 2.05) is 6.07 Å². The molecule has 0 atom stereocenters. The first-order chi connectivity index (χ1) is 7.97. The number of carbonyl (C=O) groups is 1. The van der Waals surface area contributed by atoms with Crippen LogP contribution in [0.25, 0.3) is 0 Å². The number of rotatable bonds is 3. The number of carboxylic acid groups (broad SMARTS) is 1. The third-order valence-corrected chi connectivity index (χ3v) is 4.15. The Morgan fingerprint density at radius 3 is 2.53 bits per heavy atom. The van der Waals surface area contributed by atoms with Crippen LogP contribution in [-0.2, 0) is 10.2 Å². The van der Waals surface area contributed by atoms with Crippen LogP contribution in [0.4, 0.5) is 5.69 Å². The van der Waals surface area contributed by atoms with Gasteiger partial charge in [0.1, 0.15) is 0 Å². The molecule has 5 nitrogen and oxygen atoms in total. The van der Waals surface area contributed by atoms with Crippen LogP contribution < -0.4 is 0 Å². The maximum Gasteiger partial charge on any atom is 0.309 e. The van der Waals surface area contributed by atoms with E-state index in [4.69, 9.17) is 5.11 Å². The van der Waals surface area contributed by atoms with Crippen LogP contribution >= 0.6 is 0 Å². The summed E-state index contributed by atoms with van der Waals surface area (Å²) >= 11 is 0. The van der Waals surface area contributed by atoms with Crippen molar-refractivity contribution >= 4 is 11.7 Å². The Hall–Kier alpha value is -1.91. The van der Waals surface area contributed by atoms with Gasteiger partial charge in [-0.05, 0) is 30.2 Å². The van der Waals surface area contributed by atoms with Crippen molar-refractivity contribution in [2.24, 2.45) is 5.41 Å². The van der Waals surface area contributed by atoms with Crippen molar-refractivity contribution in [1.82, 2.24) is 0 Å². The van der Waals surface area contributed by atoms with Crippen LogP contribution in [0.15, 0.2) is 24.3 Å². The van der Waals surface area contributed by atoms with Crippen molar-refractivity contribution in [2.75, 3.05) is 0 Å². The van der Waals surface area contributed by atoms with Gasteiger partial charge in [-0.1, -0.05) is 12.1 Å². The van der Waals surface area contributed by atoms with E-state index in [0.29, 0.717) is 19.3 Å². The van der Waals surface area contributed by atoms with Crippen molar-refractivity contribution < 1.29 is 14.8 Å². The number of carboxylic acids is 1. The number of aliphatic carboxylic acids is 1. The van der Waals surface area contributed by atoms with Crippen LogP contribution in [0.2, 0.25) is 0 Å². The van der Waals surface area contributed by atoms with Gasteiger partial charge in [-0.15, -0.1) is 0 Å². The molecule has 0 radical (unpaired) electrons. The zero-order chi connectivity index (χ0) is 12.3. The number of non-ortho nitro benzene ring substituents is 1. The highest BCUT2D eigenvalue weighted by Gasteiger charge is 2.72. The van der Waals surface area contributed by atoms with Gasteiger partial charge in [0.15, 0.2) is 0 Å². The van der Waals surface area contributed by atoms with Gasteiger partial charge in [0.05, 0.1) is 10.3 Å². The second kappa shape index (κ2) is 2.85. The summed E-state index contributed by atoms with van der Waals surface area (Å²) in [4.78, 5) is 21.2. The van der Waals surface area contributed by atoms with Gasteiger partial charge in [-0.2, -0.15) is 0 Å². The predicted molar refractivity (Wildman–Crippen MR) is 58.7 cm³/mol. The third-order valence-electron chi connectivity index (χ3n) is 4.15. The van der Waals surface area contributed by atoms with Crippen molar-refractivity contribution in [1.29, 1.82) is 0 Å². The van der Waals surface area contributed by atoms with Crippen molar-refractivity contribution in [3.8, 4) is 0 Å². The Bertz CT molecular complexity index is 517. The SMILES string of the molecule is O=C(O)C12CC(c3cccc([N+](=O)[O-])c3)(C1)C2. The summed E-state index contributed by atoms with van der Waals surface area (Å²) in [5, 5.41) is 19.7. The molecular weight excluding hydrogens is 222 g/mol. The van der Waals surface area contributed by atoms with E-state index in [0.717, 1.165) is 5.56 Å². The molecule has 4 rings (SSSR count). The monoisotopic (exact) mass is 233 g/mol. The van der Waals surface area contributed by atoms with Crippen molar-refractivity contribution in [2.45, 2.75) is 24.7 Å². The lowest BCUT2D eigenvalue weighted by molar-refractivity contribution is -0.385. The minimum atomic E-state index is -0.732. The molecule has 17 heavy (non-hydrogen) atoms. The number of hydrogen-bond acceptors (Lipinski definition) is 3. The molecule has 0 aliphatic heterocycles. The molecule has 0 saturated heterocycles. The third kappa shape index (κ3) is 1.16. The summed E-state index contributed by atoms with van der Waals surface area (Å²) in [5.74, 6) is -0.732. The molecule has 3 saturated carbocycles. The van der Waals surface area contributed by atoms with Crippen LogP contribution in [0.5, 0.6) is 0 Å². The maximum absolute atomic E-state index is 11.0. The first kappa shape index (κ1) is 10.3. The zero-order valence-corrected chi connectivity index (χ0v) is 9.05. The molecule has 3 aliphatic rings. The normalized spacial score (nSPS) is 33.4. The molecule has 0 unspecified atom stereocenters. The van der Waals surface area contributed by atoms with E-state index in [1.54, 1.807) is 12.1 Å². The Labute approximate surface area is 97.2 Å². The first-order valence-corrected chi connectivity index (χ1v) is 5.46. The molecule has 1 aromatic rings. The van der Waals surface area contributed by atoms with E-state index in [2.05, 4.69) is 0 Å². The van der Waals surface area contributed by atoms with E-state index in [1.165, 1.54) is 6.07 Å². The van der Waals surface area contributed by atoms with Gasteiger partial charge < -0.3 is 5.11 Å². The lowest BCUT2D eigenvalue weighted by Gasteiger charge is -2.68. The van der Waals surface area contributed by atoms with Crippen LogP contribution in [0.3, 0.4) is 0 Å². The van der Waals surface area contributed by atoms with Gasteiger partial charge >= 0.3 is 5.97 Å². The quantitative estimate of drug-likeness (QED) is 0.640. The fourth-order valence-electron chi connectivity index (χ4n) is 3.27. The standard InChI is InChI=1S/C12H11NO4/c14-10(15)12-5-11(6-12,7-12)8-2-1-3-9(4-8)13(16)17/h1-4H,5-7H2,(H,14,15). The molecule has 1 aromatic carbocycles. The number of nitro groups is 1. The zero-order valence-electron chi connectivity index (χ0n) is 9.05. The van der Waals surface area contributed by atoms with Gasteiger partial charge in [0.2, 0.25) is 0 Å². The van der Waals surface area contributed by atoms with Crippen LogP contribution in [-0.4, -0.2) is 16.0 Å². The molecule has 5 heteroatoms. The van der Waals surface area contributed by atoms with E-state index in [9.17, 15) is 14.9 Å². The minimum Gasteiger partial charge on any atom is -0.481 e. The number of benzene rings is 1. The van der Waals surface area contributed by atoms with E-state index >= 15 is 0 Å². The summed E-state index contributed by atoms with van der Waals surface area (Å²) < 4.78 is 0. The Balaban J connectivity index is 1.87. The van der Waals surface area contributed by atoms with Gasteiger partial charge in [0.25, 0.3) is 5.69 Å². The Kier molecular flexibility index (Phi) is 1.72. The topological polar surface area (TPSA) is 80.4 Å². The predicted octanol–water partition coefficient (Wildman–Crippen LogP) is 2.10. The maximum atomic E-state index is 11.0. The average molecular weight is 233 g/mol. The lowest BCUT2D eigenvalue weighted by Crippen LogP contribution is -2.67. The van der Waals surface area contributed by atoms with E-state index in [-0.39, 0.29) is 11.1 Å². The van der Waals surface area contributed by atoms with E-state index < -0.39 is 16.3 Å². The lowest BCUT2D eigenvalue weighted by atomic mass is 9.33. The minimum absolute atomic E-state index is 0.0802. The number of hydrogen-bond donors (Lipinski definition) is 1. The molecule has 0 heterocycles. The molecule has 0 aromatic heterocycles.